The lowest BCUT2D eigenvalue weighted by Crippen LogP contribution is -2.34. The summed E-state index contributed by atoms with van der Waals surface area (Å²) >= 11 is 1.60. The Balaban J connectivity index is 1.36. The molecule has 1 atom stereocenters. The molecule has 35 heavy (non-hydrogen) atoms. The van der Waals surface area contributed by atoms with E-state index in [2.05, 4.69) is 31.0 Å². The van der Waals surface area contributed by atoms with Gasteiger partial charge in [0, 0.05) is 23.5 Å². The first-order valence-electron chi connectivity index (χ1n) is 13.0. The summed E-state index contributed by atoms with van der Waals surface area (Å²) in [7, 11) is 5.80. The van der Waals surface area contributed by atoms with Crippen LogP contribution in [0.2, 0.25) is 0 Å². The summed E-state index contributed by atoms with van der Waals surface area (Å²) in [5.74, 6) is 1.58. The van der Waals surface area contributed by atoms with Crippen molar-refractivity contribution in [2.75, 3.05) is 39.3 Å². The smallest absolute Gasteiger partial charge is 0.244 e. The summed E-state index contributed by atoms with van der Waals surface area (Å²) < 4.78 is 11.7. The van der Waals surface area contributed by atoms with E-state index in [4.69, 9.17) is 9.47 Å². The van der Waals surface area contributed by atoms with Crippen molar-refractivity contribution < 1.29 is 14.3 Å². The number of methoxy groups -OCH3 is 1. The molecule has 6 heteroatoms. The number of anilines is 1. The second-order valence-corrected chi connectivity index (χ2v) is 11.1. The molecule has 1 aliphatic carbocycles. The number of ether oxygens (including phenoxy) is 2. The van der Waals surface area contributed by atoms with E-state index in [9.17, 15) is 4.79 Å². The number of likely N-dealkylation sites (N-methyl/N-ethyl adjacent to an activating group) is 1. The first-order valence-corrected chi connectivity index (χ1v) is 13.9. The van der Waals surface area contributed by atoms with Crippen LogP contribution in [0.25, 0.3) is 0 Å². The van der Waals surface area contributed by atoms with E-state index in [1.807, 2.05) is 31.3 Å². The highest BCUT2D eigenvalue weighted by atomic mass is 32.2. The van der Waals surface area contributed by atoms with Crippen LogP contribution in [0.5, 0.6) is 11.5 Å². The molecule has 0 spiro atoms. The molecule has 1 saturated carbocycles. The first kappa shape index (κ1) is 25.9. The van der Waals surface area contributed by atoms with Gasteiger partial charge in [-0.15, -0.1) is 11.8 Å². The highest BCUT2D eigenvalue weighted by molar-refractivity contribution is 8.00. The zero-order chi connectivity index (χ0) is 24.8. The molecule has 1 heterocycles. The minimum absolute atomic E-state index is 0.0650. The summed E-state index contributed by atoms with van der Waals surface area (Å²) in [6, 6.07) is 12.8. The maximum atomic E-state index is 13.3. The Morgan fingerprint density at radius 1 is 1.06 bits per heavy atom. The molecular formula is C29H40N2O3S. The summed E-state index contributed by atoms with van der Waals surface area (Å²) in [4.78, 5) is 18.8. The Morgan fingerprint density at radius 3 is 2.63 bits per heavy atom. The predicted molar refractivity (Wildman–Crippen MR) is 145 cm³/mol. The minimum atomic E-state index is -0.358. The van der Waals surface area contributed by atoms with E-state index in [0.29, 0.717) is 6.61 Å². The minimum Gasteiger partial charge on any atom is -0.497 e. The van der Waals surface area contributed by atoms with Crippen molar-refractivity contribution in [1.29, 1.82) is 0 Å². The second kappa shape index (κ2) is 12.2. The van der Waals surface area contributed by atoms with Gasteiger partial charge in [-0.3, -0.25) is 4.79 Å². The molecule has 5 nitrogen and oxygen atoms in total. The Kier molecular flexibility index (Phi) is 9.01. The van der Waals surface area contributed by atoms with Crippen LogP contribution in [0.3, 0.4) is 0 Å². The molecule has 0 aromatic heterocycles. The number of hydrogen-bond acceptors (Lipinski definition) is 5. The highest BCUT2D eigenvalue weighted by Crippen LogP contribution is 2.49. The third kappa shape index (κ3) is 6.34. The molecule has 4 rings (SSSR count). The van der Waals surface area contributed by atoms with Crippen molar-refractivity contribution in [3.8, 4) is 11.5 Å². The first-order chi connectivity index (χ1) is 17.0. The van der Waals surface area contributed by atoms with E-state index >= 15 is 0 Å². The monoisotopic (exact) mass is 496 g/mol. The molecule has 2 aliphatic rings. The number of thioether (sulfide) groups is 1. The number of benzene rings is 2. The number of fused-ring (bicyclic) bond motifs is 1. The van der Waals surface area contributed by atoms with Crippen molar-refractivity contribution in [2.24, 2.45) is 0 Å². The summed E-state index contributed by atoms with van der Waals surface area (Å²) in [5.41, 5.74) is 3.04. The van der Waals surface area contributed by atoms with Crippen LogP contribution in [-0.4, -0.2) is 51.2 Å². The van der Waals surface area contributed by atoms with E-state index < -0.39 is 0 Å². The van der Waals surface area contributed by atoms with Crippen LogP contribution in [0.1, 0.15) is 67.7 Å². The Labute approximate surface area is 215 Å². The van der Waals surface area contributed by atoms with Gasteiger partial charge < -0.3 is 19.3 Å². The predicted octanol–water partition coefficient (Wildman–Crippen LogP) is 6.63. The van der Waals surface area contributed by atoms with E-state index in [0.717, 1.165) is 53.1 Å². The summed E-state index contributed by atoms with van der Waals surface area (Å²) in [6.45, 7) is 3.90. The average molecular weight is 497 g/mol. The molecule has 1 aliphatic heterocycles. The van der Waals surface area contributed by atoms with Crippen molar-refractivity contribution in [3.63, 3.8) is 0 Å². The van der Waals surface area contributed by atoms with Gasteiger partial charge in [0.25, 0.3) is 0 Å². The molecule has 2 aromatic rings. The Hall–Kier alpha value is -2.18. The van der Waals surface area contributed by atoms with Crippen LogP contribution < -0.4 is 14.4 Å². The number of aryl methyl sites for hydroxylation is 1. The van der Waals surface area contributed by atoms with Gasteiger partial charge in [0.05, 0.1) is 19.4 Å². The fourth-order valence-electron chi connectivity index (χ4n) is 5.18. The maximum absolute atomic E-state index is 13.3. The van der Waals surface area contributed by atoms with Crippen molar-refractivity contribution >= 4 is 23.4 Å². The average Bonchev–Trinajstić information content (AvgIpc) is 2.88. The lowest BCUT2D eigenvalue weighted by molar-refractivity contribution is -0.118. The molecule has 0 N–H and O–H groups in total. The zero-order valence-corrected chi connectivity index (χ0v) is 22.5. The molecule has 0 radical (unpaired) electrons. The molecular weight excluding hydrogens is 456 g/mol. The fraction of sp³-hybridized carbons (Fsp3) is 0.552. The van der Waals surface area contributed by atoms with Gasteiger partial charge in [-0.25, -0.2) is 0 Å². The Bertz CT molecular complexity index is 1010. The number of rotatable bonds is 10. The molecule has 2 aromatic carbocycles. The number of carbonyl (C=O) groups is 1. The highest BCUT2D eigenvalue weighted by Gasteiger charge is 2.34. The summed E-state index contributed by atoms with van der Waals surface area (Å²) in [6.07, 6.45) is 10.2. The van der Waals surface area contributed by atoms with Gasteiger partial charge in [0.15, 0.2) is 0 Å². The third-order valence-electron chi connectivity index (χ3n) is 7.39. The normalized spacial score (nSPS) is 18.6. The van der Waals surface area contributed by atoms with Crippen LogP contribution >= 0.6 is 11.8 Å². The number of nitrogens with zero attached hydrogens (tertiary/aromatic N) is 2. The van der Waals surface area contributed by atoms with E-state index in [1.165, 1.54) is 44.1 Å². The van der Waals surface area contributed by atoms with Crippen LogP contribution in [-0.2, 0) is 4.79 Å². The Morgan fingerprint density at radius 2 is 1.86 bits per heavy atom. The van der Waals surface area contributed by atoms with Crippen molar-refractivity contribution in [2.45, 2.75) is 74.5 Å². The lowest BCUT2D eigenvalue weighted by atomic mass is 9.94. The van der Waals surface area contributed by atoms with Gasteiger partial charge in [0.1, 0.15) is 16.7 Å². The molecule has 0 bridgehead atoms. The SMILES string of the molecule is COc1ccc(OCCCCCN(C)C2CCCCC2)c(C2Sc3cc(C)ccc3N(C)C2=O)c1. The van der Waals surface area contributed by atoms with Crippen LogP contribution in [0.4, 0.5) is 5.69 Å². The fourth-order valence-corrected chi connectivity index (χ4v) is 6.58. The van der Waals surface area contributed by atoms with E-state index in [1.54, 1.807) is 23.8 Å². The van der Waals surface area contributed by atoms with Crippen LogP contribution in [0, 0.1) is 6.92 Å². The maximum Gasteiger partial charge on any atom is 0.244 e. The van der Waals surface area contributed by atoms with Gasteiger partial charge >= 0.3 is 0 Å². The molecule has 1 unspecified atom stereocenters. The largest absolute Gasteiger partial charge is 0.497 e. The number of unbranched alkanes of at least 4 members (excludes halogenated alkanes) is 2. The zero-order valence-electron chi connectivity index (χ0n) is 21.7. The van der Waals surface area contributed by atoms with E-state index in [-0.39, 0.29) is 11.2 Å². The topological polar surface area (TPSA) is 42.0 Å². The third-order valence-corrected chi connectivity index (χ3v) is 8.66. The molecule has 1 fully saturated rings. The van der Waals surface area contributed by atoms with Crippen molar-refractivity contribution in [1.82, 2.24) is 4.90 Å². The standard InChI is InChI=1S/C29H40N2O3S/c1-21-13-15-25-27(19-21)35-28(29(32)31(25)3)24-20-23(33-4)14-16-26(24)34-18-10-6-9-17-30(2)22-11-7-5-8-12-22/h13-16,19-20,22,28H,5-12,17-18H2,1-4H3. The van der Waals surface area contributed by atoms with Gasteiger partial charge in [-0.05, 0) is 88.5 Å². The summed E-state index contributed by atoms with van der Waals surface area (Å²) in [5, 5.41) is -0.358. The lowest BCUT2D eigenvalue weighted by Gasteiger charge is -2.32. The molecule has 0 saturated heterocycles. The van der Waals surface area contributed by atoms with Gasteiger partial charge in [0.2, 0.25) is 5.91 Å². The van der Waals surface area contributed by atoms with Crippen molar-refractivity contribution in [3.05, 3.63) is 47.5 Å². The van der Waals surface area contributed by atoms with Gasteiger partial charge in [-0.2, -0.15) is 0 Å². The quantitative estimate of drug-likeness (QED) is 0.346. The number of hydrogen-bond donors (Lipinski definition) is 0. The second-order valence-electron chi connectivity index (χ2n) is 9.95. The number of carbonyl (C=O) groups excluding carboxylic acids is 1. The molecule has 190 valence electrons. The molecule has 1 amide bonds. The number of amides is 1. The van der Waals surface area contributed by atoms with Gasteiger partial charge in [-0.1, -0.05) is 25.3 Å². The van der Waals surface area contributed by atoms with Crippen LogP contribution in [0.15, 0.2) is 41.3 Å².